The molecule has 0 aliphatic heterocycles. The van der Waals surface area contributed by atoms with E-state index in [4.69, 9.17) is 4.74 Å². The van der Waals surface area contributed by atoms with Gasteiger partial charge in [-0.25, -0.2) is 13.1 Å². The molecule has 0 radical (unpaired) electrons. The summed E-state index contributed by atoms with van der Waals surface area (Å²) in [5, 5.41) is 0.812. The molecule has 92 valence electrons. The van der Waals surface area contributed by atoms with E-state index in [0.29, 0.717) is 26.2 Å². The van der Waals surface area contributed by atoms with Crippen molar-refractivity contribution in [2.24, 2.45) is 5.92 Å². The molecule has 15 heavy (non-hydrogen) atoms. The first-order chi connectivity index (χ1) is 6.98. The van der Waals surface area contributed by atoms with Crippen LogP contribution in [0.2, 0.25) is 0 Å². The smallest absolute Gasteiger partial charge is 0.211 e. The first-order valence-electron chi connectivity index (χ1n) is 5.09. The van der Waals surface area contributed by atoms with Gasteiger partial charge < -0.3 is 4.74 Å². The standard InChI is InChI=1S/C9H20BrNO3S/c1-9(2)8-15(12,13)11-5-3-6-14-7-4-10/h9,11H,3-8H2,1-2H3. The lowest BCUT2D eigenvalue weighted by atomic mass is 10.3. The van der Waals surface area contributed by atoms with Gasteiger partial charge in [0.2, 0.25) is 10.0 Å². The van der Waals surface area contributed by atoms with Gasteiger partial charge in [0.05, 0.1) is 12.4 Å². The second-order valence-corrected chi connectivity index (χ2v) is 6.37. The van der Waals surface area contributed by atoms with Crippen LogP contribution in [0.5, 0.6) is 0 Å². The minimum Gasteiger partial charge on any atom is -0.381 e. The van der Waals surface area contributed by atoms with Gasteiger partial charge in [0, 0.05) is 18.5 Å². The number of nitrogens with one attached hydrogen (secondary N) is 1. The van der Waals surface area contributed by atoms with Crippen molar-refractivity contribution in [1.29, 1.82) is 0 Å². The SMILES string of the molecule is CC(C)CS(=O)(=O)NCCCOCCBr. The van der Waals surface area contributed by atoms with E-state index in [2.05, 4.69) is 20.7 Å². The van der Waals surface area contributed by atoms with E-state index in [1.54, 1.807) is 0 Å². The maximum absolute atomic E-state index is 11.4. The van der Waals surface area contributed by atoms with Crippen LogP contribution in [-0.4, -0.2) is 39.3 Å². The van der Waals surface area contributed by atoms with E-state index in [0.717, 1.165) is 5.33 Å². The van der Waals surface area contributed by atoms with Gasteiger partial charge in [0.25, 0.3) is 0 Å². The van der Waals surface area contributed by atoms with Crippen LogP contribution >= 0.6 is 15.9 Å². The Hall–Kier alpha value is 0.350. The Balaban J connectivity index is 3.50. The summed E-state index contributed by atoms with van der Waals surface area (Å²) in [6.07, 6.45) is 0.713. The Morgan fingerprint density at radius 2 is 2.00 bits per heavy atom. The minimum atomic E-state index is -3.09. The summed E-state index contributed by atoms with van der Waals surface area (Å²) < 4.78 is 30.5. The third-order valence-corrected chi connectivity index (χ3v) is 3.63. The van der Waals surface area contributed by atoms with Crippen LogP contribution in [0.25, 0.3) is 0 Å². The number of rotatable bonds is 9. The second kappa shape index (κ2) is 8.50. The Kier molecular flexibility index (Phi) is 8.69. The van der Waals surface area contributed by atoms with Crippen molar-refractivity contribution in [1.82, 2.24) is 4.72 Å². The van der Waals surface area contributed by atoms with Crippen molar-refractivity contribution in [3.8, 4) is 0 Å². The zero-order valence-electron chi connectivity index (χ0n) is 9.33. The third-order valence-electron chi connectivity index (χ3n) is 1.56. The predicted octanol–water partition coefficient (Wildman–Crippen LogP) is 1.36. The molecule has 0 saturated heterocycles. The first-order valence-corrected chi connectivity index (χ1v) is 7.86. The molecule has 0 aromatic rings. The Morgan fingerprint density at radius 3 is 2.53 bits per heavy atom. The van der Waals surface area contributed by atoms with Crippen LogP contribution in [0.15, 0.2) is 0 Å². The summed E-state index contributed by atoms with van der Waals surface area (Å²) in [6.45, 7) is 5.49. The Labute approximate surface area is 101 Å². The monoisotopic (exact) mass is 301 g/mol. The average Bonchev–Trinajstić information content (AvgIpc) is 2.08. The molecule has 6 heteroatoms. The molecule has 0 amide bonds. The molecule has 0 bridgehead atoms. The topological polar surface area (TPSA) is 55.4 Å². The van der Waals surface area contributed by atoms with Crippen molar-refractivity contribution in [2.75, 3.05) is 30.8 Å². The van der Waals surface area contributed by atoms with Gasteiger partial charge in [-0.1, -0.05) is 29.8 Å². The molecule has 0 saturated carbocycles. The molecule has 0 aliphatic rings. The molecule has 0 spiro atoms. The van der Waals surface area contributed by atoms with Crippen LogP contribution < -0.4 is 4.72 Å². The van der Waals surface area contributed by atoms with Crippen LogP contribution in [0.3, 0.4) is 0 Å². The second-order valence-electron chi connectivity index (χ2n) is 3.72. The molecule has 0 aromatic carbocycles. The highest BCUT2D eigenvalue weighted by atomic mass is 79.9. The maximum atomic E-state index is 11.4. The zero-order chi connectivity index (χ0) is 11.7. The lowest BCUT2D eigenvalue weighted by Crippen LogP contribution is -2.29. The van der Waals surface area contributed by atoms with Gasteiger partial charge in [-0.2, -0.15) is 0 Å². The fourth-order valence-corrected chi connectivity index (χ4v) is 2.74. The molecule has 0 unspecified atom stereocenters. The van der Waals surface area contributed by atoms with Crippen molar-refractivity contribution in [2.45, 2.75) is 20.3 Å². The summed E-state index contributed by atoms with van der Waals surface area (Å²) >= 11 is 3.24. The third kappa shape index (κ3) is 10.6. The maximum Gasteiger partial charge on any atom is 0.211 e. The van der Waals surface area contributed by atoms with E-state index in [1.165, 1.54) is 0 Å². The lowest BCUT2D eigenvalue weighted by molar-refractivity contribution is 0.149. The summed E-state index contributed by atoms with van der Waals surface area (Å²) in [5.41, 5.74) is 0. The molecule has 4 nitrogen and oxygen atoms in total. The number of hydrogen-bond donors (Lipinski definition) is 1. The zero-order valence-corrected chi connectivity index (χ0v) is 11.7. The number of alkyl halides is 1. The molecule has 0 heterocycles. The summed E-state index contributed by atoms with van der Waals surface area (Å²) in [6, 6.07) is 0. The first kappa shape index (κ1) is 15.3. The van der Waals surface area contributed by atoms with Gasteiger partial charge in [-0.15, -0.1) is 0 Å². The van der Waals surface area contributed by atoms with Gasteiger partial charge in [-0.3, -0.25) is 0 Å². The quantitative estimate of drug-likeness (QED) is 0.517. The van der Waals surface area contributed by atoms with Gasteiger partial charge in [0.15, 0.2) is 0 Å². The largest absolute Gasteiger partial charge is 0.381 e. The highest BCUT2D eigenvalue weighted by molar-refractivity contribution is 9.09. The van der Waals surface area contributed by atoms with E-state index >= 15 is 0 Å². The lowest BCUT2D eigenvalue weighted by Gasteiger charge is -2.08. The average molecular weight is 302 g/mol. The summed E-state index contributed by atoms with van der Waals surface area (Å²) in [4.78, 5) is 0. The number of sulfonamides is 1. The van der Waals surface area contributed by atoms with E-state index in [1.807, 2.05) is 13.8 Å². The van der Waals surface area contributed by atoms with Crippen molar-refractivity contribution >= 4 is 26.0 Å². The van der Waals surface area contributed by atoms with Crippen LogP contribution in [0.1, 0.15) is 20.3 Å². The fraction of sp³-hybridized carbons (Fsp3) is 1.00. The highest BCUT2D eigenvalue weighted by Crippen LogP contribution is 1.97. The predicted molar refractivity (Wildman–Crippen MR) is 65.9 cm³/mol. The molecule has 0 aliphatic carbocycles. The van der Waals surface area contributed by atoms with E-state index < -0.39 is 10.0 Å². The van der Waals surface area contributed by atoms with E-state index in [-0.39, 0.29) is 11.7 Å². The van der Waals surface area contributed by atoms with Gasteiger partial charge in [-0.05, 0) is 12.3 Å². The summed E-state index contributed by atoms with van der Waals surface area (Å²) in [7, 11) is -3.09. The van der Waals surface area contributed by atoms with Crippen molar-refractivity contribution in [3.63, 3.8) is 0 Å². The molecule has 0 atom stereocenters. The molecule has 0 fully saturated rings. The number of hydrogen-bond acceptors (Lipinski definition) is 3. The molecular weight excluding hydrogens is 282 g/mol. The molecule has 0 aromatic heterocycles. The fourth-order valence-electron chi connectivity index (χ4n) is 1.06. The number of ether oxygens (including phenoxy) is 1. The minimum absolute atomic E-state index is 0.159. The summed E-state index contributed by atoms with van der Waals surface area (Å²) in [5.74, 6) is 0.349. The molecular formula is C9H20BrNO3S. The molecule has 0 rings (SSSR count). The molecule has 1 N–H and O–H groups in total. The van der Waals surface area contributed by atoms with E-state index in [9.17, 15) is 8.42 Å². The number of halogens is 1. The van der Waals surface area contributed by atoms with Crippen molar-refractivity contribution in [3.05, 3.63) is 0 Å². The van der Waals surface area contributed by atoms with Crippen LogP contribution in [-0.2, 0) is 14.8 Å². The van der Waals surface area contributed by atoms with Gasteiger partial charge in [0.1, 0.15) is 0 Å². The van der Waals surface area contributed by atoms with Crippen LogP contribution in [0, 0.1) is 5.92 Å². The van der Waals surface area contributed by atoms with Crippen molar-refractivity contribution < 1.29 is 13.2 Å². The normalized spacial score (nSPS) is 12.3. The highest BCUT2D eigenvalue weighted by Gasteiger charge is 2.11. The van der Waals surface area contributed by atoms with Gasteiger partial charge >= 0.3 is 0 Å². The Morgan fingerprint density at radius 1 is 1.33 bits per heavy atom. The van der Waals surface area contributed by atoms with Crippen LogP contribution in [0.4, 0.5) is 0 Å². The Bertz CT molecular complexity index is 242.